The van der Waals surface area contributed by atoms with Crippen LogP contribution in [0.1, 0.15) is 101 Å². The summed E-state index contributed by atoms with van der Waals surface area (Å²) in [6.07, 6.45) is 9.82. The van der Waals surface area contributed by atoms with E-state index >= 15 is 0 Å². The van der Waals surface area contributed by atoms with Crippen LogP contribution in [0.3, 0.4) is 0 Å². The first-order valence-electron chi connectivity index (χ1n) is 15.2. The fourth-order valence-corrected chi connectivity index (χ4v) is 4.42. The molecule has 0 aromatic heterocycles. The molecule has 0 radical (unpaired) electrons. The Kier molecular flexibility index (Phi) is 13.8. The van der Waals surface area contributed by atoms with Gasteiger partial charge in [-0.1, -0.05) is 89.9 Å². The standard InChI is InChI=1S/C38H46O2/c1-5-9-11-31(7-3)29-39-37-25-21-35(22-26-37)19-17-33-13-15-34(16-14-33)18-20-36-23-27-38(28-24-36)40-30-32(8-4)12-10-6-2/h13-16,21-28,31-32H,5-12,29-30H2,1-4H3. The van der Waals surface area contributed by atoms with Gasteiger partial charge in [0.25, 0.3) is 0 Å². The maximum absolute atomic E-state index is 6.02. The van der Waals surface area contributed by atoms with Gasteiger partial charge in [0.2, 0.25) is 0 Å². The van der Waals surface area contributed by atoms with E-state index < -0.39 is 0 Å². The first kappa shape index (κ1) is 30.9. The Morgan fingerprint density at radius 2 is 0.775 bits per heavy atom. The second-order valence-electron chi connectivity index (χ2n) is 10.6. The molecule has 0 bridgehead atoms. The lowest BCUT2D eigenvalue weighted by Crippen LogP contribution is -2.11. The summed E-state index contributed by atoms with van der Waals surface area (Å²) in [5.74, 6) is 16.1. The number of hydrogen-bond donors (Lipinski definition) is 0. The van der Waals surface area contributed by atoms with Crippen LogP contribution in [0.25, 0.3) is 0 Å². The molecule has 0 aliphatic carbocycles. The minimum Gasteiger partial charge on any atom is -0.493 e. The van der Waals surface area contributed by atoms with E-state index in [4.69, 9.17) is 9.47 Å². The highest BCUT2D eigenvalue weighted by Crippen LogP contribution is 2.19. The summed E-state index contributed by atoms with van der Waals surface area (Å²) in [5, 5.41) is 0. The van der Waals surface area contributed by atoms with E-state index in [2.05, 4.69) is 51.4 Å². The summed E-state index contributed by atoms with van der Waals surface area (Å²) in [6, 6.07) is 24.3. The van der Waals surface area contributed by atoms with Crippen molar-refractivity contribution >= 4 is 0 Å². The van der Waals surface area contributed by atoms with Crippen molar-refractivity contribution in [1.82, 2.24) is 0 Å². The van der Waals surface area contributed by atoms with Crippen LogP contribution < -0.4 is 9.47 Å². The Bertz CT molecular complexity index is 1130. The number of rotatable bonds is 14. The van der Waals surface area contributed by atoms with Gasteiger partial charge in [-0.3, -0.25) is 0 Å². The van der Waals surface area contributed by atoms with Crippen LogP contribution in [-0.4, -0.2) is 13.2 Å². The lowest BCUT2D eigenvalue weighted by molar-refractivity contribution is 0.233. The Labute approximate surface area is 243 Å². The van der Waals surface area contributed by atoms with Crippen molar-refractivity contribution < 1.29 is 9.47 Å². The molecule has 0 heterocycles. The highest BCUT2D eigenvalue weighted by molar-refractivity contribution is 5.48. The zero-order chi connectivity index (χ0) is 28.4. The Balaban J connectivity index is 1.49. The topological polar surface area (TPSA) is 18.5 Å². The van der Waals surface area contributed by atoms with Gasteiger partial charge in [0.05, 0.1) is 13.2 Å². The van der Waals surface area contributed by atoms with Crippen LogP contribution >= 0.6 is 0 Å². The predicted octanol–water partition coefficient (Wildman–Crippen LogP) is 9.68. The molecule has 3 aromatic rings. The van der Waals surface area contributed by atoms with E-state index in [-0.39, 0.29) is 0 Å². The van der Waals surface area contributed by atoms with E-state index in [0.29, 0.717) is 11.8 Å². The second kappa shape index (κ2) is 17.9. The van der Waals surface area contributed by atoms with E-state index in [1.54, 1.807) is 0 Å². The number of ether oxygens (including phenoxy) is 2. The third-order valence-electron chi connectivity index (χ3n) is 7.35. The van der Waals surface area contributed by atoms with Crippen molar-refractivity contribution in [3.8, 4) is 35.2 Å². The fourth-order valence-electron chi connectivity index (χ4n) is 4.42. The average Bonchev–Trinajstić information content (AvgIpc) is 3.01. The Morgan fingerprint density at radius 1 is 0.475 bits per heavy atom. The number of benzene rings is 3. The molecule has 2 heteroatoms. The SMILES string of the molecule is CCCCC(CC)COc1ccc(C#Cc2ccc(C#Cc3ccc(OCC(CC)CCCC)cc3)cc2)cc1. The molecule has 2 atom stereocenters. The van der Waals surface area contributed by atoms with Crippen LogP contribution in [-0.2, 0) is 0 Å². The normalized spacial score (nSPS) is 11.9. The lowest BCUT2D eigenvalue weighted by atomic mass is 10.0. The summed E-state index contributed by atoms with van der Waals surface area (Å²) in [5.41, 5.74) is 3.90. The predicted molar refractivity (Wildman–Crippen MR) is 169 cm³/mol. The molecule has 0 spiro atoms. The molecule has 40 heavy (non-hydrogen) atoms. The van der Waals surface area contributed by atoms with Gasteiger partial charge in [0, 0.05) is 22.3 Å². The van der Waals surface area contributed by atoms with Crippen molar-refractivity contribution in [1.29, 1.82) is 0 Å². The molecule has 0 saturated heterocycles. The van der Waals surface area contributed by atoms with Gasteiger partial charge in [-0.25, -0.2) is 0 Å². The molecular formula is C38H46O2. The van der Waals surface area contributed by atoms with Gasteiger partial charge in [0.15, 0.2) is 0 Å². The Hall–Kier alpha value is -3.62. The smallest absolute Gasteiger partial charge is 0.119 e. The summed E-state index contributed by atoms with van der Waals surface area (Å²) in [6.45, 7) is 10.5. The van der Waals surface area contributed by atoms with E-state index in [1.807, 2.05) is 72.8 Å². The molecule has 0 aliphatic heterocycles. The first-order chi connectivity index (χ1) is 19.6. The zero-order valence-corrected chi connectivity index (χ0v) is 25.0. The molecule has 3 aromatic carbocycles. The molecule has 0 N–H and O–H groups in total. The van der Waals surface area contributed by atoms with Gasteiger partial charge in [0.1, 0.15) is 11.5 Å². The van der Waals surface area contributed by atoms with E-state index in [1.165, 1.54) is 38.5 Å². The minimum atomic E-state index is 0.630. The summed E-state index contributed by atoms with van der Waals surface area (Å²) in [7, 11) is 0. The minimum absolute atomic E-state index is 0.630. The third-order valence-corrected chi connectivity index (χ3v) is 7.35. The lowest BCUT2D eigenvalue weighted by Gasteiger charge is -2.15. The molecule has 2 nitrogen and oxygen atoms in total. The van der Waals surface area contributed by atoms with Crippen molar-refractivity contribution in [2.45, 2.75) is 79.1 Å². The second-order valence-corrected chi connectivity index (χ2v) is 10.6. The quantitative estimate of drug-likeness (QED) is 0.192. The van der Waals surface area contributed by atoms with Crippen LogP contribution in [0.4, 0.5) is 0 Å². The van der Waals surface area contributed by atoms with Gasteiger partial charge < -0.3 is 9.47 Å². The first-order valence-corrected chi connectivity index (χ1v) is 15.2. The number of unbranched alkanes of at least 4 members (excludes halogenated alkanes) is 2. The highest BCUT2D eigenvalue weighted by atomic mass is 16.5. The van der Waals surface area contributed by atoms with E-state index in [0.717, 1.165) is 59.8 Å². The van der Waals surface area contributed by atoms with Gasteiger partial charge in [-0.05, 0) is 97.5 Å². The van der Waals surface area contributed by atoms with Crippen molar-refractivity contribution in [3.63, 3.8) is 0 Å². The summed E-state index contributed by atoms with van der Waals surface area (Å²) in [4.78, 5) is 0. The molecule has 0 amide bonds. The van der Waals surface area contributed by atoms with Gasteiger partial charge >= 0.3 is 0 Å². The maximum atomic E-state index is 6.02. The fraction of sp³-hybridized carbons (Fsp3) is 0.421. The van der Waals surface area contributed by atoms with E-state index in [9.17, 15) is 0 Å². The highest BCUT2D eigenvalue weighted by Gasteiger charge is 2.08. The molecule has 0 fully saturated rings. The molecule has 3 rings (SSSR count). The van der Waals surface area contributed by atoms with Crippen LogP contribution in [0.15, 0.2) is 72.8 Å². The summed E-state index contributed by atoms with van der Waals surface area (Å²) >= 11 is 0. The molecule has 2 unspecified atom stereocenters. The molecule has 210 valence electrons. The molecular weight excluding hydrogens is 488 g/mol. The Morgan fingerprint density at radius 3 is 1.05 bits per heavy atom. The monoisotopic (exact) mass is 534 g/mol. The maximum Gasteiger partial charge on any atom is 0.119 e. The van der Waals surface area contributed by atoms with Crippen LogP contribution in [0, 0.1) is 35.5 Å². The third kappa shape index (κ3) is 11.2. The zero-order valence-electron chi connectivity index (χ0n) is 25.0. The molecule has 0 saturated carbocycles. The van der Waals surface area contributed by atoms with Crippen molar-refractivity contribution in [3.05, 3.63) is 95.1 Å². The largest absolute Gasteiger partial charge is 0.493 e. The van der Waals surface area contributed by atoms with Crippen LogP contribution in [0.2, 0.25) is 0 Å². The number of hydrogen-bond acceptors (Lipinski definition) is 2. The summed E-state index contributed by atoms with van der Waals surface area (Å²) < 4.78 is 12.0. The van der Waals surface area contributed by atoms with Gasteiger partial charge in [-0.2, -0.15) is 0 Å². The van der Waals surface area contributed by atoms with Crippen molar-refractivity contribution in [2.75, 3.05) is 13.2 Å². The van der Waals surface area contributed by atoms with Gasteiger partial charge in [-0.15, -0.1) is 0 Å². The van der Waals surface area contributed by atoms with Crippen molar-refractivity contribution in [2.24, 2.45) is 11.8 Å². The molecule has 0 aliphatic rings. The van der Waals surface area contributed by atoms with Crippen LogP contribution in [0.5, 0.6) is 11.5 Å². The average molecular weight is 535 g/mol.